The van der Waals surface area contributed by atoms with Crippen molar-refractivity contribution in [3.05, 3.63) is 35.4 Å². The highest BCUT2D eigenvalue weighted by Gasteiger charge is 2.30. The van der Waals surface area contributed by atoms with Crippen LogP contribution in [0.3, 0.4) is 0 Å². The van der Waals surface area contributed by atoms with Crippen molar-refractivity contribution in [2.45, 2.75) is 52.0 Å². The second-order valence-corrected chi connectivity index (χ2v) is 5.72. The van der Waals surface area contributed by atoms with Crippen molar-refractivity contribution in [2.24, 2.45) is 17.7 Å². The molecule has 0 heterocycles. The molecular weight excluding hydrogens is 220 g/mol. The van der Waals surface area contributed by atoms with Gasteiger partial charge in [0.2, 0.25) is 0 Å². The van der Waals surface area contributed by atoms with Gasteiger partial charge < -0.3 is 0 Å². The molecule has 1 aromatic carbocycles. The summed E-state index contributed by atoms with van der Waals surface area (Å²) in [5.41, 5.74) is 5.86. The maximum atomic E-state index is 5.77. The van der Waals surface area contributed by atoms with Gasteiger partial charge in [0.25, 0.3) is 0 Å². The van der Waals surface area contributed by atoms with Crippen molar-refractivity contribution in [3.63, 3.8) is 0 Å². The van der Waals surface area contributed by atoms with E-state index in [0.717, 1.165) is 24.7 Å². The Kier molecular flexibility index (Phi) is 4.79. The molecule has 3 unspecified atom stereocenters. The first kappa shape index (κ1) is 13.6. The second kappa shape index (κ2) is 6.35. The molecule has 0 aromatic heterocycles. The van der Waals surface area contributed by atoms with Crippen LogP contribution in [-0.4, -0.2) is 6.04 Å². The van der Waals surface area contributed by atoms with E-state index in [4.69, 9.17) is 5.84 Å². The fourth-order valence-electron chi connectivity index (χ4n) is 3.27. The monoisotopic (exact) mass is 246 g/mol. The molecule has 1 fully saturated rings. The molecule has 0 spiro atoms. The van der Waals surface area contributed by atoms with Crippen molar-refractivity contribution in [2.75, 3.05) is 0 Å². The lowest BCUT2D eigenvalue weighted by molar-refractivity contribution is 0.297. The van der Waals surface area contributed by atoms with E-state index >= 15 is 0 Å². The van der Waals surface area contributed by atoms with E-state index in [2.05, 4.69) is 43.5 Å². The minimum Gasteiger partial charge on any atom is -0.271 e. The van der Waals surface area contributed by atoms with Crippen LogP contribution in [0.15, 0.2) is 24.3 Å². The Morgan fingerprint density at radius 1 is 1.22 bits per heavy atom. The molecule has 100 valence electrons. The summed E-state index contributed by atoms with van der Waals surface area (Å²) in [6.45, 7) is 4.56. The zero-order valence-corrected chi connectivity index (χ0v) is 11.7. The van der Waals surface area contributed by atoms with Gasteiger partial charge in [-0.2, -0.15) is 0 Å². The van der Waals surface area contributed by atoms with Gasteiger partial charge in [0.15, 0.2) is 0 Å². The summed E-state index contributed by atoms with van der Waals surface area (Å²) in [7, 11) is 0. The van der Waals surface area contributed by atoms with Crippen LogP contribution in [-0.2, 0) is 12.8 Å². The maximum absolute atomic E-state index is 5.77. The molecule has 1 aromatic rings. The molecular formula is C16H26N2. The van der Waals surface area contributed by atoms with Gasteiger partial charge >= 0.3 is 0 Å². The molecule has 1 aliphatic rings. The van der Waals surface area contributed by atoms with Crippen LogP contribution in [0.5, 0.6) is 0 Å². The summed E-state index contributed by atoms with van der Waals surface area (Å²) in [6.07, 6.45) is 6.20. The van der Waals surface area contributed by atoms with Crippen LogP contribution >= 0.6 is 0 Å². The number of benzene rings is 1. The number of nitrogens with two attached hydrogens (primary N) is 1. The Hall–Kier alpha value is -0.860. The lowest BCUT2D eigenvalue weighted by atomic mass is 9.87. The summed E-state index contributed by atoms with van der Waals surface area (Å²) >= 11 is 0. The zero-order chi connectivity index (χ0) is 13.0. The zero-order valence-electron chi connectivity index (χ0n) is 11.7. The van der Waals surface area contributed by atoms with Crippen LogP contribution in [0.25, 0.3) is 0 Å². The first-order chi connectivity index (χ1) is 8.74. The van der Waals surface area contributed by atoms with Crippen LogP contribution in [0.4, 0.5) is 0 Å². The minimum absolute atomic E-state index is 0.426. The Labute approximate surface area is 111 Å². The van der Waals surface area contributed by atoms with E-state index in [1.165, 1.54) is 30.4 Å². The van der Waals surface area contributed by atoms with Crippen molar-refractivity contribution >= 4 is 0 Å². The minimum atomic E-state index is 0.426. The molecule has 0 saturated heterocycles. The van der Waals surface area contributed by atoms with Crippen LogP contribution in [0.2, 0.25) is 0 Å². The normalized spacial score (nSPS) is 25.3. The van der Waals surface area contributed by atoms with Crippen LogP contribution in [0, 0.1) is 11.8 Å². The molecule has 1 aliphatic carbocycles. The quantitative estimate of drug-likeness (QED) is 0.619. The first-order valence-electron chi connectivity index (χ1n) is 7.28. The fourth-order valence-corrected chi connectivity index (χ4v) is 3.27. The van der Waals surface area contributed by atoms with Crippen molar-refractivity contribution in [1.29, 1.82) is 0 Å². The molecule has 3 atom stereocenters. The van der Waals surface area contributed by atoms with Gasteiger partial charge in [-0.05, 0) is 42.2 Å². The number of hydrazine groups is 1. The van der Waals surface area contributed by atoms with E-state index < -0.39 is 0 Å². The molecule has 2 rings (SSSR count). The highest BCUT2D eigenvalue weighted by molar-refractivity contribution is 5.23. The summed E-state index contributed by atoms with van der Waals surface area (Å²) in [5.74, 6) is 7.31. The molecule has 1 saturated carbocycles. The lowest BCUT2D eigenvalue weighted by Gasteiger charge is -2.26. The van der Waals surface area contributed by atoms with Crippen molar-refractivity contribution < 1.29 is 0 Å². The largest absolute Gasteiger partial charge is 0.271 e. The summed E-state index contributed by atoms with van der Waals surface area (Å²) in [5, 5.41) is 0. The molecule has 0 radical (unpaired) electrons. The van der Waals surface area contributed by atoms with Crippen molar-refractivity contribution in [3.8, 4) is 0 Å². The fraction of sp³-hybridized carbons (Fsp3) is 0.625. The molecule has 3 N–H and O–H groups in total. The first-order valence-corrected chi connectivity index (χ1v) is 7.28. The van der Waals surface area contributed by atoms with Gasteiger partial charge in [-0.15, -0.1) is 0 Å². The number of rotatable bonds is 5. The predicted molar refractivity (Wildman–Crippen MR) is 77.1 cm³/mol. The van der Waals surface area contributed by atoms with Crippen molar-refractivity contribution in [1.82, 2.24) is 5.43 Å². The Bertz CT molecular complexity index is 358. The van der Waals surface area contributed by atoms with Gasteiger partial charge in [0.05, 0.1) is 0 Å². The Morgan fingerprint density at radius 3 is 2.39 bits per heavy atom. The molecule has 0 amide bonds. The second-order valence-electron chi connectivity index (χ2n) is 5.72. The standard InChI is InChI=1S/C16H26N2/c1-3-13-7-9-14(10-8-13)11-16(18-17)15-6-4-5-12(15)2/h7-10,12,15-16,18H,3-6,11,17H2,1-2H3. The topological polar surface area (TPSA) is 38.0 Å². The highest BCUT2D eigenvalue weighted by atomic mass is 15.2. The summed E-state index contributed by atoms with van der Waals surface area (Å²) < 4.78 is 0. The highest BCUT2D eigenvalue weighted by Crippen LogP contribution is 2.34. The van der Waals surface area contributed by atoms with E-state index in [-0.39, 0.29) is 0 Å². The Balaban J connectivity index is 2.00. The molecule has 0 aliphatic heterocycles. The molecule has 18 heavy (non-hydrogen) atoms. The molecule has 2 heteroatoms. The SMILES string of the molecule is CCc1ccc(CC(NN)C2CCCC2C)cc1. The number of aryl methyl sites for hydroxylation is 1. The maximum Gasteiger partial charge on any atom is 0.0281 e. The molecule has 2 nitrogen and oxygen atoms in total. The molecule has 0 bridgehead atoms. The number of hydrogen-bond donors (Lipinski definition) is 2. The average molecular weight is 246 g/mol. The lowest BCUT2D eigenvalue weighted by Crippen LogP contribution is -2.43. The third kappa shape index (κ3) is 3.12. The van der Waals surface area contributed by atoms with Crippen LogP contribution in [0.1, 0.15) is 44.2 Å². The smallest absolute Gasteiger partial charge is 0.0281 e. The van der Waals surface area contributed by atoms with Gasteiger partial charge in [0, 0.05) is 6.04 Å². The van der Waals surface area contributed by atoms with E-state index in [0.29, 0.717) is 6.04 Å². The van der Waals surface area contributed by atoms with Gasteiger partial charge in [-0.1, -0.05) is 51.0 Å². The van der Waals surface area contributed by atoms with E-state index in [1.54, 1.807) is 0 Å². The average Bonchev–Trinajstić information content (AvgIpc) is 2.83. The van der Waals surface area contributed by atoms with Crippen LogP contribution < -0.4 is 11.3 Å². The van der Waals surface area contributed by atoms with Gasteiger partial charge in [0.1, 0.15) is 0 Å². The summed E-state index contributed by atoms with van der Waals surface area (Å²) in [4.78, 5) is 0. The van der Waals surface area contributed by atoms with Gasteiger partial charge in [-0.3, -0.25) is 11.3 Å². The number of hydrogen-bond acceptors (Lipinski definition) is 2. The predicted octanol–water partition coefficient (Wildman–Crippen LogP) is 3.06. The summed E-state index contributed by atoms with van der Waals surface area (Å²) in [6, 6.07) is 9.41. The third-order valence-corrected chi connectivity index (χ3v) is 4.55. The van der Waals surface area contributed by atoms with E-state index in [1.807, 2.05) is 0 Å². The Morgan fingerprint density at radius 2 is 1.89 bits per heavy atom. The number of nitrogens with one attached hydrogen (secondary N) is 1. The van der Waals surface area contributed by atoms with E-state index in [9.17, 15) is 0 Å². The third-order valence-electron chi connectivity index (χ3n) is 4.55. The van der Waals surface area contributed by atoms with Gasteiger partial charge in [-0.25, -0.2) is 0 Å².